The van der Waals surface area contributed by atoms with E-state index in [2.05, 4.69) is 12.2 Å². The van der Waals surface area contributed by atoms with Crippen molar-refractivity contribution in [2.24, 2.45) is 0 Å². The van der Waals surface area contributed by atoms with Crippen molar-refractivity contribution in [2.75, 3.05) is 26.3 Å². The van der Waals surface area contributed by atoms with Crippen LogP contribution in [0, 0.1) is 0 Å². The summed E-state index contributed by atoms with van der Waals surface area (Å²) in [7, 11) is 0. The van der Waals surface area contributed by atoms with E-state index in [-0.39, 0.29) is 6.10 Å². The average molecular weight is 458 g/mol. The van der Waals surface area contributed by atoms with Crippen LogP contribution < -0.4 is 5.32 Å². The molecule has 2 unspecified atom stereocenters. The number of nitrogens with one attached hydrogen (secondary N) is 1. The number of fused-ring (bicyclic) bond motifs is 1. The van der Waals surface area contributed by atoms with Crippen molar-refractivity contribution in [1.29, 1.82) is 0 Å². The molecule has 3 rings (SSSR count). The zero-order valence-corrected chi connectivity index (χ0v) is 20.8. The second-order valence-corrected chi connectivity index (χ2v) is 10.2. The van der Waals surface area contributed by atoms with Gasteiger partial charge in [0.2, 0.25) is 5.79 Å². The first-order valence-corrected chi connectivity index (χ1v) is 13.1. The molecule has 3 heterocycles. The Morgan fingerprint density at radius 2 is 1.66 bits per heavy atom. The van der Waals surface area contributed by atoms with E-state index in [0.717, 1.165) is 19.4 Å². The maximum absolute atomic E-state index is 10.7. The predicted molar refractivity (Wildman–Crippen MR) is 124 cm³/mol. The molecule has 0 aromatic rings. The lowest BCUT2D eigenvalue weighted by Crippen LogP contribution is -2.61. The lowest BCUT2D eigenvalue weighted by atomic mass is 9.95. The molecule has 0 aliphatic carbocycles. The van der Waals surface area contributed by atoms with Gasteiger partial charge in [-0.25, -0.2) is 0 Å². The van der Waals surface area contributed by atoms with Gasteiger partial charge in [0.25, 0.3) is 0 Å². The standard InChI is InChI=1S/C25H47NO6/c1-5-6-7-8-9-10-11-12-13-14-16-29-22(20-18-26-15-17-28-20)25-23(21(27)19(2)30-25)31-24(3,4)32-25/h19-23,26-27H,5-18H2,1-4H3/t19-,20?,21+,22?,23-,25-/m0/s1. The number of hydrogen-bond acceptors (Lipinski definition) is 7. The first-order valence-electron chi connectivity index (χ1n) is 13.1. The van der Waals surface area contributed by atoms with Gasteiger partial charge in [-0.3, -0.25) is 0 Å². The number of ether oxygens (including phenoxy) is 5. The van der Waals surface area contributed by atoms with Crippen molar-refractivity contribution < 1.29 is 28.8 Å². The maximum Gasteiger partial charge on any atom is 0.230 e. The molecule has 7 heteroatoms. The monoisotopic (exact) mass is 457 g/mol. The van der Waals surface area contributed by atoms with Gasteiger partial charge in [0.1, 0.15) is 24.4 Å². The normalized spacial score (nSPS) is 35.2. The Hall–Kier alpha value is -0.280. The van der Waals surface area contributed by atoms with Crippen molar-refractivity contribution >= 4 is 0 Å². The van der Waals surface area contributed by atoms with E-state index in [1.54, 1.807) is 0 Å². The van der Waals surface area contributed by atoms with Crippen LogP contribution in [0.1, 0.15) is 91.9 Å². The minimum Gasteiger partial charge on any atom is -0.387 e. The van der Waals surface area contributed by atoms with Crippen molar-refractivity contribution in [3.8, 4) is 0 Å². The molecule has 3 fully saturated rings. The molecule has 3 aliphatic heterocycles. The Balaban J connectivity index is 1.50. The first kappa shape index (κ1) is 26.3. The molecule has 0 radical (unpaired) electrons. The van der Waals surface area contributed by atoms with Crippen LogP contribution in [-0.2, 0) is 23.7 Å². The third-order valence-electron chi connectivity index (χ3n) is 6.86. The Morgan fingerprint density at radius 3 is 2.28 bits per heavy atom. The van der Waals surface area contributed by atoms with Gasteiger partial charge < -0.3 is 34.1 Å². The van der Waals surface area contributed by atoms with Crippen LogP contribution in [-0.4, -0.2) is 73.5 Å². The predicted octanol–water partition coefficient (Wildman–Crippen LogP) is 3.91. The zero-order valence-electron chi connectivity index (χ0n) is 20.8. The van der Waals surface area contributed by atoms with Crippen molar-refractivity contribution in [1.82, 2.24) is 5.32 Å². The average Bonchev–Trinajstić information content (AvgIpc) is 3.16. The zero-order chi connectivity index (χ0) is 23.0. The van der Waals surface area contributed by atoms with Crippen molar-refractivity contribution in [3.05, 3.63) is 0 Å². The van der Waals surface area contributed by atoms with Gasteiger partial charge in [-0.05, 0) is 27.2 Å². The molecule has 3 saturated heterocycles. The topological polar surface area (TPSA) is 78.4 Å². The SMILES string of the molecule is CCCCCCCCCCCCOC(C1CNCCO1)[C@@]12O[C@@H](C)[C@@H](O)[C@@H]1OC(C)(C)O2. The molecule has 7 nitrogen and oxygen atoms in total. The largest absolute Gasteiger partial charge is 0.387 e. The molecule has 0 aromatic heterocycles. The molecule has 0 aromatic carbocycles. The Morgan fingerprint density at radius 1 is 1.00 bits per heavy atom. The van der Waals surface area contributed by atoms with Crippen LogP contribution in [0.5, 0.6) is 0 Å². The van der Waals surface area contributed by atoms with Crippen LogP contribution in [0.4, 0.5) is 0 Å². The van der Waals surface area contributed by atoms with Crippen LogP contribution in [0.3, 0.4) is 0 Å². The fourth-order valence-electron chi connectivity index (χ4n) is 5.21. The molecule has 0 amide bonds. The number of rotatable bonds is 14. The number of unbranched alkanes of at least 4 members (excludes halogenated alkanes) is 9. The summed E-state index contributed by atoms with van der Waals surface area (Å²) in [6, 6.07) is 0. The van der Waals surface area contributed by atoms with Crippen molar-refractivity contribution in [2.45, 2.75) is 134 Å². The second-order valence-electron chi connectivity index (χ2n) is 10.2. The highest BCUT2D eigenvalue weighted by molar-refractivity contribution is 5.08. The van der Waals surface area contributed by atoms with E-state index in [1.807, 2.05) is 20.8 Å². The Kier molecular flexibility index (Phi) is 10.2. The maximum atomic E-state index is 10.7. The summed E-state index contributed by atoms with van der Waals surface area (Å²) in [5.41, 5.74) is 0. The van der Waals surface area contributed by atoms with Gasteiger partial charge in [0.15, 0.2) is 5.79 Å². The molecule has 3 aliphatic rings. The Bertz CT molecular complexity index is 541. The summed E-state index contributed by atoms with van der Waals surface area (Å²) in [6.45, 7) is 10.5. The fraction of sp³-hybridized carbons (Fsp3) is 1.00. The number of aliphatic hydroxyl groups is 1. The molecule has 0 spiro atoms. The van der Waals surface area contributed by atoms with Gasteiger partial charge in [-0.15, -0.1) is 0 Å². The lowest BCUT2D eigenvalue weighted by Gasteiger charge is -2.41. The number of aliphatic hydroxyl groups excluding tert-OH is 1. The minimum atomic E-state index is -1.16. The summed E-state index contributed by atoms with van der Waals surface area (Å²) in [4.78, 5) is 0. The van der Waals surface area contributed by atoms with Crippen LogP contribution >= 0.6 is 0 Å². The van der Waals surface area contributed by atoms with Gasteiger partial charge >= 0.3 is 0 Å². The summed E-state index contributed by atoms with van der Waals surface area (Å²) in [6.07, 6.45) is 10.4. The van der Waals surface area contributed by atoms with E-state index in [4.69, 9.17) is 23.7 Å². The molecule has 0 bridgehead atoms. The molecule has 188 valence electrons. The molecular formula is C25H47NO6. The van der Waals surface area contributed by atoms with E-state index >= 15 is 0 Å². The van der Waals surface area contributed by atoms with Crippen LogP contribution in [0.15, 0.2) is 0 Å². The summed E-state index contributed by atoms with van der Waals surface area (Å²) in [5, 5.41) is 14.1. The van der Waals surface area contributed by atoms with E-state index in [0.29, 0.717) is 19.8 Å². The lowest BCUT2D eigenvalue weighted by molar-refractivity contribution is -0.315. The van der Waals surface area contributed by atoms with Crippen LogP contribution in [0.2, 0.25) is 0 Å². The Labute approximate surface area is 194 Å². The smallest absolute Gasteiger partial charge is 0.230 e. The number of hydrogen-bond donors (Lipinski definition) is 2. The third kappa shape index (κ3) is 6.65. The summed E-state index contributed by atoms with van der Waals surface area (Å²) in [5.74, 6) is -2.02. The summed E-state index contributed by atoms with van der Waals surface area (Å²) < 4.78 is 31.2. The fourth-order valence-corrected chi connectivity index (χ4v) is 5.21. The highest BCUT2D eigenvalue weighted by Gasteiger charge is 2.69. The number of morpholine rings is 1. The summed E-state index contributed by atoms with van der Waals surface area (Å²) >= 11 is 0. The third-order valence-corrected chi connectivity index (χ3v) is 6.86. The molecule has 6 atom stereocenters. The van der Waals surface area contributed by atoms with E-state index in [1.165, 1.54) is 51.4 Å². The molecule has 32 heavy (non-hydrogen) atoms. The van der Waals surface area contributed by atoms with E-state index < -0.39 is 36.0 Å². The molecule has 0 saturated carbocycles. The van der Waals surface area contributed by atoms with Gasteiger partial charge in [-0.2, -0.15) is 0 Å². The molecular weight excluding hydrogens is 410 g/mol. The quantitative estimate of drug-likeness (QED) is 0.383. The van der Waals surface area contributed by atoms with Gasteiger partial charge in [-0.1, -0.05) is 64.7 Å². The first-order chi connectivity index (χ1) is 15.4. The van der Waals surface area contributed by atoms with Gasteiger partial charge in [0.05, 0.1) is 12.7 Å². The van der Waals surface area contributed by atoms with E-state index in [9.17, 15) is 5.11 Å². The van der Waals surface area contributed by atoms with Crippen molar-refractivity contribution in [3.63, 3.8) is 0 Å². The minimum absolute atomic E-state index is 0.218. The molecule has 2 N–H and O–H groups in total. The van der Waals surface area contributed by atoms with Crippen LogP contribution in [0.25, 0.3) is 0 Å². The highest BCUT2D eigenvalue weighted by Crippen LogP contribution is 2.49. The van der Waals surface area contributed by atoms with Gasteiger partial charge in [0, 0.05) is 19.7 Å². The highest BCUT2D eigenvalue weighted by atomic mass is 16.9. The second kappa shape index (κ2) is 12.4.